The van der Waals surface area contributed by atoms with Gasteiger partial charge in [0.2, 0.25) is 5.91 Å². The molecular formula is C21H20N2O5S. The van der Waals surface area contributed by atoms with Crippen molar-refractivity contribution in [2.24, 2.45) is 0 Å². The molecule has 8 heteroatoms. The summed E-state index contributed by atoms with van der Waals surface area (Å²) in [6.45, 7) is 3.14. The van der Waals surface area contributed by atoms with E-state index in [9.17, 15) is 18.0 Å². The van der Waals surface area contributed by atoms with E-state index in [0.29, 0.717) is 16.5 Å². The van der Waals surface area contributed by atoms with Crippen LogP contribution in [-0.2, 0) is 24.3 Å². The minimum atomic E-state index is -3.86. The molecule has 29 heavy (non-hydrogen) atoms. The molecule has 1 amide bonds. The van der Waals surface area contributed by atoms with E-state index >= 15 is 0 Å². The van der Waals surface area contributed by atoms with Crippen molar-refractivity contribution >= 4 is 38.9 Å². The number of para-hydroxylation sites is 1. The summed E-state index contributed by atoms with van der Waals surface area (Å²) in [4.78, 5) is 23.6. The number of benzene rings is 2. The van der Waals surface area contributed by atoms with E-state index < -0.39 is 21.9 Å². The molecule has 7 nitrogen and oxygen atoms in total. The van der Waals surface area contributed by atoms with Crippen molar-refractivity contribution in [2.75, 3.05) is 7.11 Å². The Morgan fingerprint density at radius 3 is 2.34 bits per heavy atom. The van der Waals surface area contributed by atoms with Gasteiger partial charge < -0.3 is 10.1 Å². The van der Waals surface area contributed by atoms with Crippen molar-refractivity contribution in [1.29, 1.82) is 0 Å². The second-order valence-electron chi connectivity index (χ2n) is 6.45. The number of methoxy groups -OCH3 is 1. The zero-order valence-corrected chi connectivity index (χ0v) is 17.0. The number of amides is 1. The number of aryl methyl sites for hydroxylation is 1. The van der Waals surface area contributed by atoms with Crippen LogP contribution >= 0.6 is 0 Å². The monoisotopic (exact) mass is 412 g/mol. The Morgan fingerprint density at radius 1 is 1.07 bits per heavy atom. The van der Waals surface area contributed by atoms with Crippen molar-refractivity contribution in [3.05, 3.63) is 71.6 Å². The van der Waals surface area contributed by atoms with Crippen LogP contribution in [0.5, 0.6) is 0 Å². The highest BCUT2D eigenvalue weighted by Gasteiger charge is 2.21. The summed E-state index contributed by atoms with van der Waals surface area (Å²) in [6, 6.07) is 13.5. The van der Waals surface area contributed by atoms with Crippen LogP contribution in [-0.4, -0.2) is 31.4 Å². The van der Waals surface area contributed by atoms with Crippen LogP contribution in [0.1, 0.15) is 18.1 Å². The lowest BCUT2D eigenvalue weighted by molar-refractivity contribution is -0.137. The largest absolute Gasteiger partial charge is 0.464 e. The Balaban J connectivity index is 2.22. The Hall–Kier alpha value is -3.39. The minimum absolute atomic E-state index is 0.0874. The Labute approximate surface area is 168 Å². The van der Waals surface area contributed by atoms with E-state index in [4.69, 9.17) is 4.74 Å². The molecule has 0 unspecified atom stereocenters. The van der Waals surface area contributed by atoms with Gasteiger partial charge in [-0.1, -0.05) is 35.9 Å². The van der Waals surface area contributed by atoms with Crippen LogP contribution in [0.2, 0.25) is 0 Å². The van der Waals surface area contributed by atoms with E-state index in [0.717, 1.165) is 5.56 Å². The molecule has 0 saturated heterocycles. The number of hydrogen-bond acceptors (Lipinski definition) is 5. The van der Waals surface area contributed by atoms with Crippen molar-refractivity contribution in [3.8, 4) is 0 Å². The summed E-state index contributed by atoms with van der Waals surface area (Å²) in [5.74, 6) is -1.18. The molecule has 3 rings (SSSR count). The Morgan fingerprint density at radius 2 is 1.72 bits per heavy atom. The van der Waals surface area contributed by atoms with Crippen LogP contribution in [0.4, 0.5) is 0 Å². The number of carbonyl (C=O) groups is 2. The van der Waals surface area contributed by atoms with Gasteiger partial charge in [0, 0.05) is 24.1 Å². The van der Waals surface area contributed by atoms with Gasteiger partial charge in [-0.05, 0) is 31.2 Å². The summed E-state index contributed by atoms with van der Waals surface area (Å²) in [5.41, 5.74) is 1.76. The van der Waals surface area contributed by atoms with Gasteiger partial charge in [-0.3, -0.25) is 4.79 Å². The lowest BCUT2D eigenvalue weighted by atomic mass is 10.1. The summed E-state index contributed by atoms with van der Waals surface area (Å²) < 4.78 is 32.3. The highest BCUT2D eigenvalue weighted by atomic mass is 32.2. The van der Waals surface area contributed by atoms with Gasteiger partial charge in [0.15, 0.2) is 0 Å². The SMILES string of the molecule is COC(=O)/C(=C/c1cn(S(=O)(=O)c2ccc(C)cc2)c2ccccc12)NC(C)=O. The quantitative estimate of drug-likeness (QED) is 0.514. The average Bonchev–Trinajstić information content (AvgIpc) is 3.06. The van der Waals surface area contributed by atoms with Gasteiger partial charge in [-0.15, -0.1) is 0 Å². The fraction of sp³-hybridized carbons (Fsp3) is 0.143. The van der Waals surface area contributed by atoms with E-state index in [1.54, 1.807) is 48.5 Å². The first-order valence-corrected chi connectivity index (χ1v) is 10.2. The second kappa shape index (κ2) is 7.92. The van der Waals surface area contributed by atoms with Gasteiger partial charge in [-0.2, -0.15) is 0 Å². The lowest BCUT2D eigenvalue weighted by Gasteiger charge is -2.07. The standard InChI is InChI=1S/C21H20N2O5S/c1-14-8-10-17(11-9-14)29(26,27)23-13-16(18-6-4-5-7-20(18)23)12-19(21(25)28-3)22-15(2)24/h4-13H,1-3H3,(H,22,24)/b19-12-. The maximum absolute atomic E-state index is 13.2. The number of carbonyl (C=O) groups excluding carboxylic acids is 2. The topological polar surface area (TPSA) is 94.5 Å². The first-order valence-electron chi connectivity index (χ1n) is 8.74. The zero-order valence-electron chi connectivity index (χ0n) is 16.2. The van der Waals surface area contributed by atoms with E-state index in [-0.39, 0.29) is 10.6 Å². The second-order valence-corrected chi connectivity index (χ2v) is 8.26. The van der Waals surface area contributed by atoms with Gasteiger partial charge >= 0.3 is 5.97 Å². The number of esters is 1. The van der Waals surface area contributed by atoms with E-state index in [2.05, 4.69) is 5.32 Å². The summed E-state index contributed by atoms with van der Waals surface area (Å²) in [5, 5.41) is 3.03. The zero-order chi connectivity index (χ0) is 21.2. The first-order chi connectivity index (χ1) is 13.7. The average molecular weight is 412 g/mol. The van der Waals surface area contributed by atoms with Crippen LogP contribution in [0.25, 0.3) is 17.0 Å². The Bertz CT molecular complexity index is 1220. The Kier molecular flexibility index (Phi) is 5.56. The predicted molar refractivity (Wildman–Crippen MR) is 110 cm³/mol. The third kappa shape index (κ3) is 4.07. The van der Waals surface area contributed by atoms with Gasteiger partial charge in [0.05, 0.1) is 17.5 Å². The maximum atomic E-state index is 13.2. The number of nitrogens with one attached hydrogen (secondary N) is 1. The minimum Gasteiger partial charge on any atom is -0.464 e. The number of hydrogen-bond donors (Lipinski definition) is 1. The van der Waals surface area contributed by atoms with Gasteiger partial charge in [0.25, 0.3) is 10.0 Å². The van der Waals surface area contributed by atoms with E-state index in [1.807, 2.05) is 6.92 Å². The molecule has 0 aliphatic carbocycles. The highest BCUT2D eigenvalue weighted by Crippen LogP contribution is 2.27. The number of rotatable bonds is 5. The van der Waals surface area contributed by atoms with Gasteiger partial charge in [-0.25, -0.2) is 17.2 Å². The molecule has 0 aliphatic rings. The van der Waals surface area contributed by atoms with Crippen LogP contribution in [0.3, 0.4) is 0 Å². The third-order valence-electron chi connectivity index (χ3n) is 4.30. The van der Waals surface area contributed by atoms with Crippen molar-refractivity contribution in [1.82, 2.24) is 9.29 Å². The molecule has 150 valence electrons. The molecular weight excluding hydrogens is 392 g/mol. The molecule has 0 spiro atoms. The fourth-order valence-electron chi connectivity index (χ4n) is 2.91. The van der Waals surface area contributed by atoms with Crippen LogP contribution in [0, 0.1) is 6.92 Å². The van der Waals surface area contributed by atoms with Crippen molar-refractivity contribution in [2.45, 2.75) is 18.7 Å². The predicted octanol–water partition coefficient (Wildman–Crippen LogP) is 2.84. The van der Waals surface area contributed by atoms with Crippen LogP contribution < -0.4 is 5.32 Å². The molecule has 1 heterocycles. The summed E-state index contributed by atoms with van der Waals surface area (Å²) in [6.07, 6.45) is 2.82. The smallest absolute Gasteiger partial charge is 0.354 e. The van der Waals surface area contributed by atoms with Crippen molar-refractivity contribution in [3.63, 3.8) is 0 Å². The third-order valence-corrected chi connectivity index (χ3v) is 5.99. The van der Waals surface area contributed by atoms with Gasteiger partial charge in [0.1, 0.15) is 5.70 Å². The highest BCUT2D eigenvalue weighted by molar-refractivity contribution is 7.90. The number of aromatic nitrogens is 1. The molecule has 0 atom stereocenters. The van der Waals surface area contributed by atoms with Crippen molar-refractivity contribution < 1.29 is 22.7 Å². The molecule has 0 radical (unpaired) electrons. The molecule has 2 aromatic carbocycles. The van der Waals surface area contributed by atoms with E-state index in [1.165, 1.54) is 30.3 Å². The number of fused-ring (bicyclic) bond motifs is 1. The maximum Gasteiger partial charge on any atom is 0.354 e. The molecule has 0 saturated carbocycles. The fourth-order valence-corrected chi connectivity index (χ4v) is 4.29. The summed E-state index contributed by atoms with van der Waals surface area (Å²) in [7, 11) is -2.66. The normalized spacial score (nSPS) is 12.0. The number of ether oxygens (including phenoxy) is 1. The molecule has 0 aliphatic heterocycles. The molecule has 0 bridgehead atoms. The molecule has 0 fully saturated rings. The van der Waals surface area contributed by atoms with Crippen LogP contribution in [0.15, 0.2) is 65.3 Å². The number of nitrogens with zero attached hydrogens (tertiary/aromatic N) is 1. The molecule has 1 aromatic heterocycles. The first kappa shape index (κ1) is 20.3. The lowest BCUT2D eigenvalue weighted by Crippen LogP contribution is -2.25. The molecule has 1 N–H and O–H groups in total. The summed E-state index contributed by atoms with van der Waals surface area (Å²) >= 11 is 0. The molecule has 3 aromatic rings.